The molecule has 1 aromatic carbocycles. The van der Waals surface area contributed by atoms with Gasteiger partial charge in [0.25, 0.3) is 5.56 Å². The van der Waals surface area contributed by atoms with E-state index in [1.54, 1.807) is 0 Å². The van der Waals surface area contributed by atoms with Gasteiger partial charge >= 0.3 is 11.9 Å². The summed E-state index contributed by atoms with van der Waals surface area (Å²) >= 11 is 5.06. The molecule has 0 spiro atoms. The number of benzene rings is 1. The number of aliphatic imine (C=N–C) groups is 1. The third kappa shape index (κ3) is 6.08. The first kappa shape index (κ1) is 28.0. The molecule has 1 amide bonds. The molecule has 0 saturated carbocycles. The second-order valence-corrected chi connectivity index (χ2v) is 8.04. The molecule has 2 N–H and O–H groups in total. The Morgan fingerprint density at radius 1 is 1.20 bits per heavy atom. The number of rotatable bonds is 7. The summed E-state index contributed by atoms with van der Waals surface area (Å²) < 4.78 is 68.3. The van der Waals surface area contributed by atoms with Crippen LogP contribution in [0.5, 0.6) is 0 Å². The summed E-state index contributed by atoms with van der Waals surface area (Å²) in [6.45, 7) is 0. The molecule has 0 fully saturated rings. The van der Waals surface area contributed by atoms with Gasteiger partial charge in [0.2, 0.25) is 5.91 Å². The SMILES string of the molecule is CS/C=C(\N=C\NC(=O)CC(=N)c1c(S)n(C)c(=O)n(C)c1=O)c1ccc(C(F)(F)F)c(F)c1F. The van der Waals surface area contributed by atoms with E-state index in [-0.39, 0.29) is 16.3 Å². The number of amides is 1. The quantitative estimate of drug-likeness (QED) is 0.167. The predicted octanol–water partition coefficient (Wildman–Crippen LogP) is 2.93. The van der Waals surface area contributed by atoms with Crippen molar-refractivity contribution < 1.29 is 26.7 Å². The first-order valence-electron chi connectivity index (χ1n) is 9.39. The fourth-order valence-electron chi connectivity index (χ4n) is 2.81. The van der Waals surface area contributed by atoms with E-state index in [0.29, 0.717) is 12.1 Å². The predicted molar refractivity (Wildman–Crippen MR) is 125 cm³/mol. The Kier molecular flexibility index (Phi) is 8.84. The molecule has 0 unspecified atom stereocenters. The number of hydrogen-bond donors (Lipinski definition) is 3. The molecule has 188 valence electrons. The van der Waals surface area contributed by atoms with Gasteiger partial charge in [-0.15, -0.1) is 24.4 Å². The third-order valence-electron chi connectivity index (χ3n) is 4.60. The van der Waals surface area contributed by atoms with E-state index < -0.39 is 58.2 Å². The van der Waals surface area contributed by atoms with Crippen molar-refractivity contribution in [1.82, 2.24) is 14.5 Å². The van der Waals surface area contributed by atoms with Crippen molar-refractivity contribution >= 4 is 48.0 Å². The summed E-state index contributed by atoms with van der Waals surface area (Å²) in [5.41, 5.74) is -4.84. The lowest BCUT2D eigenvalue weighted by Crippen LogP contribution is -2.41. The number of thiol groups is 1. The number of nitrogens with zero attached hydrogens (tertiary/aromatic N) is 3. The molecule has 8 nitrogen and oxygen atoms in total. The van der Waals surface area contributed by atoms with E-state index in [1.807, 2.05) is 0 Å². The smallest absolute Gasteiger partial charge is 0.316 e. The van der Waals surface area contributed by atoms with E-state index in [0.717, 1.165) is 27.2 Å². The van der Waals surface area contributed by atoms with Crippen molar-refractivity contribution in [3.63, 3.8) is 0 Å². The molecule has 0 bridgehead atoms. The largest absolute Gasteiger partial charge is 0.419 e. The summed E-state index contributed by atoms with van der Waals surface area (Å²) in [5, 5.41) is 11.3. The fraction of sp³-hybridized carbons (Fsp3) is 0.250. The molecular weight excluding hydrogens is 517 g/mol. The van der Waals surface area contributed by atoms with Crippen LogP contribution in [0.4, 0.5) is 22.0 Å². The van der Waals surface area contributed by atoms with E-state index >= 15 is 0 Å². The zero-order chi connectivity index (χ0) is 26.7. The van der Waals surface area contributed by atoms with Crippen molar-refractivity contribution in [3.05, 3.63) is 66.7 Å². The molecule has 2 aromatic rings. The van der Waals surface area contributed by atoms with Gasteiger partial charge in [0.1, 0.15) is 0 Å². The number of thioether (sulfide) groups is 1. The number of halogens is 5. The van der Waals surface area contributed by atoms with Crippen molar-refractivity contribution in [3.8, 4) is 0 Å². The number of carbonyl (C=O) groups is 1. The van der Waals surface area contributed by atoms with Crippen molar-refractivity contribution in [2.45, 2.75) is 17.6 Å². The second kappa shape index (κ2) is 11.0. The van der Waals surface area contributed by atoms with E-state index in [4.69, 9.17) is 5.41 Å². The van der Waals surface area contributed by atoms with Crippen molar-refractivity contribution in [1.29, 1.82) is 5.41 Å². The van der Waals surface area contributed by atoms with Crippen LogP contribution in [-0.4, -0.2) is 33.3 Å². The minimum Gasteiger partial charge on any atom is -0.316 e. The normalized spacial score (nSPS) is 12.3. The Morgan fingerprint density at radius 2 is 1.83 bits per heavy atom. The highest BCUT2D eigenvalue weighted by molar-refractivity contribution is 8.01. The number of aromatic nitrogens is 2. The van der Waals surface area contributed by atoms with Gasteiger partial charge in [0.05, 0.1) is 40.3 Å². The molecule has 1 heterocycles. The highest BCUT2D eigenvalue weighted by Gasteiger charge is 2.36. The summed E-state index contributed by atoms with van der Waals surface area (Å²) in [6.07, 6.45) is -3.39. The summed E-state index contributed by atoms with van der Waals surface area (Å²) in [7, 11) is 2.53. The Hall–Kier alpha value is -3.20. The standard InChI is InChI=1S/C20H18F5N5O3S2/c1-29-17(32)14(18(34)30(2)19(29)33)11(26)6-13(31)28-8-27-12(7-35-3)9-4-5-10(20(23,24)25)16(22)15(9)21/h4-5,7-8,26,34H,6H2,1-3H3,(H,27,28,31)/b12-7-,26-11?. The summed E-state index contributed by atoms with van der Waals surface area (Å²) in [5.74, 6) is -4.68. The van der Waals surface area contributed by atoms with Crippen LogP contribution in [-0.2, 0) is 25.1 Å². The van der Waals surface area contributed by atoms with Gasteiger partial charge < -0.3 is 10.7 Å². The Balaban J connectivity index is 2.24. The number of hydrogen-bond acceptors (Lipinski definition) is 7. The number of nitrogens with one attached hydrogen (secondary N) is 2. The van der Waals surface area contributed by atoms with Crippen molar-refractivity contribution in [2.24, 2.45) is 19.1 Å². The minimum absolute atomic E-state index is 0.116. The van der Waals surface area contributed by atoms with Gasteiger partial charge in [-0.05, 0) is 23.8 Å². The zero-order valence-corrected chi connectivity index (χ0v) is 20.0. The molecule has 0 radical (unpaired) electrons. The molecule has 1 aromatic heterocycles. The number of alkyl halides is 3. The van der Waals surface area contributed by atoms with E-state index in [2.05, 4.69) is 22.9 Å². The van der Waals surface area contributed by atoms with Crippen LogP contribution in [0.2, 0.25) is 0 Å². The number of carbonyl (C=O) groups excluding carboxylic acids is 1. The van der Waals surface area contributed by atoms with Gasteiger partial charge in [0, 0.05) is 19.7 Å². The topological polar surface area (TPSA) is 109 Å². The molecule has 0 aliphatic rings. The Bertz CT molecular complexity index is 1360. The molecule has 35 heavy (non-hydrogen) atoms. The maximum Gasteiger partial charge on any atom is 0.419 e. The fourth-order valence-corrected chi connectivity index (χ4v) is 3.54. The van der Waals surface area contributed by atoms with E-state index in [9.17, 15) is 36.3 Å². The van der Waals surface area contributed by atoms with Crippen molar-refractivity contribution in [2.75, 3.05) is 6.26 Å². The Labute approximate surface area is 204 Å². The molecular formula is C20H18F5N5O3S2. The maximum atomic E-state index is 14.3. The van der Waals surface area contributed by atoms with Gasteiger partial charge in [-0.1, -0.05) is 0 Å². The first-order valence-corrected chi connectivity index (χ1v) is 11.1. The van der Waals surface area contributed by atoms with E-state index in [1.165, 1.54) is 25.8 Å². The lowest BCUT2D eigenvalue weighted by atomic mass is 10.1. The van der Waals surface area contributed by atoms with Crippen LogP contribution < -0.4 is 16.6 Å². The van der Waals surface area contributed by atoms with Crippen LogP contribution in [0.3, 0.4) is 0 Å². The molecule has 0 saturated heterocycles. The van der Waals surface area contributed by atoms with Gasteiger partial charge in [-0.2, -0.15) is 13.2 Å². The summed E-state index contributed by atoms with van der Waals surface area (Å²) in [6, 6.07) is 1.09. The third-order valence-corrected chi connectivity index (χ3v) is 5.58. The second-order valence-electron chi connectivity index (χ2n) is 6.91. The lowest BCUT2D eigenvalue weighted by Gasteiger charge is -2.12. The van der Waals surface area contributed by atoms with Crippen LogP contribution in [0, 0.1) is 17.0 Å². The maximum absolute atomic E-state index is 14.3. The van der Waals surface area contributed by atoms with Crippen LogP contribution in [0.1, 0.15) is 23.1 Å². The highest BCUT2D eigenvalue weighted by atomic mass is 32.2. The molecule has 15 heteroatoms. The van der Waals surface area contributed by atoms with Gasteiger partial charge in [0.15, 0.2) is 11.6 Å². The average Bonchev–Trinajstić information content (AvgIpc) is 2.77. The zero-order valence-electron chi connectivity index (χ0n) is 18.3. The molecule has 0 aliphatic heterocycles. The van der Waals surface area contributed by atoms with Crippen LogP contribution in [0.15, 0.2) is 37.1 Å². The first-order chi connectivity index (χ1) is 16.2. The molecule has 0 atom stereocenters. The van der Waals surface area contributed by atoms with Gasteiger partial charge in [-0.3, -0.25) is 18.7 Å². The lowest BCUT2D eigenvalue weighted by molar-refractivity contribution is -0.140. The monoisotopic (exact) mass is 535 g/mol. The molecule has 2 rings (SSSR count). The Morgan fingerprint density at radius 3 is 2.40 bits per heavy atom. The average molecular weight is 536 g/mol. The minimum atomic E-state index is -5.09. The summed E-state index contributed by atoms with van der Waals surface area (Å²) in [4.78, 5) is 40.2. The van der Waals surface area contributed by atoms with Crippen LogP contribution >= 0.6 is 24.4 Å². The highest BCUT2D eigenvalue weighted by Crippen LogP contribution is 2.34. The van der Waals surface area contributed by atoms with Gasteiger partial charge in [-0.25, -0.2) is 18.6 Å². The van der Waals surface area contributed by atoms with Crippen LogP contribution in [0.25, 0.3) is 5.70 Å². The molecule has 0 aliphatic carbocycles.